The first-order valence-electron chi connectivity index (χ1n) is 6.22. The summed E-state index contributed by atoms with van der Waals surface area (Å²) in [6.07, 6.45) is 1.69. The second-order valence-corrected chi connectivity index (χ2v) is 5.00. The van der Waals surface area contributed by atoms with E-state index in [-0.39, 0.29) is 0 Å². The summed E-state index contributed by atoms with van der Waals surface area (Å²) in [4.78, 5) is 8.67. The highest BCUT2D eigenvalue weighted by Crippen LogP contribution is 2.13. The molecule has 0 saturated carbocycles. The van der Waals surface area contributed by atoms with Crippen LogP contribution in [0.3, 0.4) is 0 Å². The molecule has 0 aliphatic heterocycles. The van der Waals surface area contributed by atoms with Crippen molar-refractivity contribution in [3.05, 3.63) is 46.3 Å². The highest BCUT2D eigenvalue weighted by atomic mass is 79.9. The van der Waals surface area contributed by atoms with Crippen LogP contribution in [0, 0.1) is 0 Å². The van der Waals surface area contributed by atoms with E-state index >= 15 is 0 Å². The van der Waals surface area contributed by atoms with Gasteiger partial charge in [-0.15, -0.1) is 0 Å². The Kier molecular flexibility index (Phi) is 4.74. The van der Waals surface area contributed by atoms with Crippen LogP contribution in [0.25, 0.3) is 0 Å². The molecule has 0 aliphatic carbocycles. The van der Waals surface area contributed by atoms with Crippen molar-refractivity contribution in [2.45, 2.75) is 19.8 Å². The Morgan fingerprint density at radius 1 is 1.21 bits per heavy atom. The Morgan fingerprint density at radius 2 is 1.95 bits per heavy atom. The van der Waals surface area contributed by atoms with Crippen molar-refractivity contribution < 1.29 is 5.11 Å². The van der Waals surface area contributed by atoms with E-state index in [0.29, 0.717) is 5.75 Å². The van der Waals surface area contributed by atoms with Crippen LogP contribution in [0.1, 0.15) is 18.3 Å². The molecule has 0 spiro atoms. The van der Waals surface area contributed by atoms with Crippen LogP contribution < -0.4 is 5.32 Å². The molecule has 4 nitrogen and oxygen atoms in total. The molecule has 2 aromatic rings. The van der Waals surface area contributed by atoms with Crippen LogP contribution in [-0.2, 0) is 12.8 Å². The number of phenolic OH excluding ortho intramolecular Hbond substituents is 1. The topological polar surface area (TPSA) is 58.0 Å². The second kappa shape index (κ2) is 6.52. The van der Waals surface area contributed by atoms with E-state index in [9.17, 15) is 5.11 Å². The van der Waals surface area contributed by atoms with Crippen molar-refractivity contribution in [1.82, 2.24) is 9.97 Å². The lowest BCUT2D eigenvalue weighted by atomic mass is 10.1. The minimum absolute atomic E-state index is 0.295. The molecule has 5 heteroatoms. The van der Waals surface area contributed by atoms with Gasteiger partial charge >= 0.3 is 0 Å². The second-order valence-electron chi connectivity index (χ2n) is 4.19. The van der Waals surface area contributed by atoms with Gasteiger partial charge in [-0.2, -0.15) is 0 Å². The van der Waals surface area contributed by atoms with Crippen LogP contribution in [0.5, 0.6) is 5.75 Å². The third kappa shape index (κ3) is 4.21. The smallest absolute Gasteiger partial charge is 0.131 e. The van der Waals surface area contributed by atoms with Crippen LogP contribution in [0.2, 0.25) is 0 Å². The molecule has 0 amide bonds. The van der Waals surface area contributed by atoms with Gasteiger partial charge in [-0.1, -0.05) is 19.1 Å². The third-order valence-corrected chi connectivity index (χ3v) is 3.12. The molecule has 1 aromatic carbocycles. The Labute approximate surface area is 121 Å². The minimum atomic E-state index is 0.295. The molecule has 0 fully saturated rings. The summed E-state index contributed by atoms with van der Waals surface area (Å²) in [5.74, 6) is 1.95. The summed E-state index contributed by atoms with van der Waals surface area (Å²) < 4.78 is 0.798. The zero-order valence-electron chi connectivity index (χ0n) is 10.7. The molecule has 1 heterocycles. The first-order chi connectivity index (χ1) is 9.17. The Morgan fingerprint density at radius 3 is 2.63 bits per heavy atom. The van der Waals surface area contributed by atoms with Crippen LogP contribution in [0.15, 0.2) is 34.9 Å². The zero-order valence-corrected chi connectivity index (χ0v) is 12.3. The third-order valence-electron chi connectivity index (χ3n) is 2.71. The highest BCUT2D eigenvalue weighted by molar-refractivity contribution is 9.10. The van der Waals surface area contributed by atoms with Gasteiger partial charge in [-0.25, -0.2) is 9.97 Å². The number of nitrogens with zero attached hydrogens (tertiary/aromatic N) is 2. The number of anilines is 1. The van der Waals surface area contributed by atoms with Gasteiger partial charge in [0.2, 0.25) is 0 Å². The molecule has 2 N–H and O–H groups in total. The van der Waals surface area contributed by atoms with Crippen LogP contribution in [0.4, 0.5) is 5.82 Å². The standard InChI is InChI=1S/C14H16BrN3O/c1-2-13-17-12(15)9-14(18-13)16-8-7-10-3-5-11(19)6-4-10/h3-6,9,19H,2,7-8H2,1H3,(H,16,17,18). The summed E-state index contributed by atoms with van der Waals surface area (Å²) in [5.41, 5.74) is 1.18. The molecule has 0 atom stereocenters. The lowest BCUT2D eigenvalue weighted by Gasteiger charge is -2.07. The maximum absolute atomic E-state index is 9.21. The molecule has 0 unspecified atom stereocenters. The quantitative estimate of drug-likeness (QED) is 0.830. The molecule has 0 radical (unpaired) electrons. The number of hydrogen-bond donors (Lipinski definition) is 2. The summed E-state index contributed by atoms with van der Waals surface area (Å²) in [7, 11) is 0. The van der Waals surface area contributed by atoms with Crippen molar-refractivity contribution in [3.8, 4) is 5.75 Å². The predicted molar refractivity (Wildman–Crippen MR) is 79.4 cm³/mol. The Hall–Kier alpha value is -1.62. The van der Waals surface area contributed by atoms with E-state index in [1.807, 2.05) is 25.1 Å². The van der Waals surface area contributed by atoms with Gasteiger partial charge in [0, 0.05) is 19.0 Å². The summed E-state index contributed by atoms with van der Waals surface area (Å²) >= 11 is 3.38. The van der Waals surface area contributed by atoms with E-state index in [1.54, 1.807) is 12.1 Å². The van der Waals surface area contributed by atoms with Crippen molar-refractivity contribution >= 4 is 21.7 Å². The molecule has 0 bridgehead atoms. The van der Waals surface area contributed by atoms with Gasteiger partial charge in [-0.05, 0) is 40.0 Å². The van der Waals surface area contributed by atoms with Crippen molar-refractivity contribution in [3.63, 3.8) is 0 Å². The first-order valence-corrected chi connectivity index (χ1v) is 7.02. The lowest BCUT2D eigenvalue weighted by molar-refractivity contribution is 0.475. The zero-order chi connectivity index (χ0) is 13.7. The van der Waals surface area contributed by atoms with Gasteiger partial charge < -0.3 is 10.4 Å². The average molecular weight is 322 g/mol. The monoisotopic (exact) mass is 321 g/mol. The maximum Gasteiger partial charge on any atom is 0.131 e. The van der Waals surface area contributed by atoms with E-state index in [1.165, 1.54) is 5.56 Å². The Balaban J connectivity index is 1.92. The molecule has 0 saturated heterocycles. The lowest BCUT2D eigenvalue weighted by Crippen LogP contribution is -2.08. The molecule has 0 aliphatic rings. The average Bonchev–Trinajstić information content (AvgIpc) is 2.40. The molecule has 2 rings (SSSR count). The summed E-state index contributed by atoms with van der Waals surface area (Å²) in [5, 5.41) is 12.5. The van der Waals surface area contributed by atoms with E-state index < -0.39 is 0 Å². The van der Waals surface area contributed by atoms with Crippen molar-refractivity contribution in [2.75, 3.05) is 11.9 Å². The number of benzene rings is 1. The number of halogens is 1. The minimum Gasteiger partial charge on any atom is -0.508 e. The number of nitrogens with one attached hydrogen (secondary N) is 1. The maximum atomic E-state index is 9.21. The predicted octanol–water partition coefficient (Wildman–Crippen LogP) is 3.16. The molecular weight excluding hydrogens is 306 g/mol. The molecule has 19 heavy (non-hydrogen) atoms. The van der Waals surface area contributed by atoms with Gasteiger partial charge in [0.1, 0.15) is 22.0 Å². The van der Waals surface area contributed by atoms with Crippen LogP contribution in [-0.4, -0.2) is 21.6 Å². The Bertz CT molecular complexity index is 543. The number of rotatable bonds is 5. The highest BCUT2D eigenvalue weighted by Gasteiger charge is 2.01. The summed E-state index contributed by atoms with van der Waals surface area (Å²) in [6.45, 7) is 2.82. The SMILES string of the molecule is CCc1nc(Br)cc(NCCc2ccc(O)cc2)n1. The van der Waals surface area contributed by atoms with Gasteiger partial charge in [0.25, 0.3) is 0 Å². The fourth-order valence-electron chi connectivity index (χ4n) is 1.71. The molecular formula is C14H16BrN3O. The number of aryl methyl sites for hydroxylation is 1. The van der Waals surface area contributed by atoms with Gasteiger partial charge in [0.05, 0.1) is 0 Å². The fourth-order valence-corrected chi connectivity index (χ4v) is 2.13. The van der Waals surface area contributed by atoms with E-state index in [2.05, 4.69) is 31.2 Å². The number of phenols is 1. The first kappa shape index (κ1) is 13.8. The van der Waals surface area contributed by atoms with Crippen molar-refractivity contribution in [2.24, 2.45) is 0 Å². The number of hydrogen-bond acceptors (Lipinski definition) is 4. The van der Waals surface area contributed by atoms with E-state index in [0.717, 1.165) is 35.6 Å². The van der Waals surface area contributed by atoms with Gasteiger partial charge in [0.15, 0.2) is 0 Å². The normalized spacial score (nSPS) is 10.4. The fraction of sp³-hybridized carbons (Fsp3) is 0.286. The molecule has 100 valence electrons. The van der Waals surface area contributed by atoms with E-state index in [4.69, 9.17) is 0 Å². The van der Waals surface area contributed by atoms with Crippen LogP contribution >= 0.6 is 15.9 Å². The van der Waals surface area contributed by atoms with Crippen molar-refractivity contribution in [1.29, 1.82) is 0 Å². The molecule has 1 aromatic heterocycles. The largest absolute Gasteiger partial charge is 0.508 e. The number of aromatic nitrogens is 2. The summed E-state index contributed by atoms with van der Waals surface area (Å²) in [6, 6.07) is 9.11. The van der Waals surface area contributed by atoms with Gasteiger partial charge in [-0.3, -0.25) is 0 Å². The number of aromatic hydroxyl groups is 1.